The minimum absolute atomic E-state index is 0.0131. The lowest BCUT2D eigenvalue weighted by atomic mass is 9.90. The monoisotopic (exact) mass is 550 g/mol. The van der Waals surface area contributed by atoms with Crippen molar-refractivity contribution in [2.45, 2.75) is 35.6 Å². The molecule has 0 radical (unpaired) electrons. The zero-order valence-electron chi connectivity index (χ0n) is 18.1. The molecule has 3 rings (SSSR count). The van der Waals surface area contributed by atoms with Gasteiger partial charge in [0, 0.05) is 26.2 Å². The number of benzene rings is 1. The van der Waals surface area contributed by atoms with E-state index in [1.165, 1.54) is 12.1 Å². The summed E-state index contributed by atoms with van der Waals surface area (Å²) in [6, 6.07) is 4.52. The van der Waals surface area contributed by atoms with Gasteiger partial charge in [-0.15, -0.1) is 0 Å². The van der Waals surface area contributed by atoms with Crippen molar-refractivity contribution in [1.29, 1.82) is 0 Å². The third-order valence-electron chi connectivity index (χ3n) is 5.58. The van der Waals surface area contributed by atoms with E-state index in [0.29, 0.717) is 0 Å². The Labute approximate surface area is 197 Å². The number of morpholine rings is 1. The molecule has 0 aromatic heterocycles. The topological polar surface area (TPSA) is 143 Å². The molecule has 1 amide bonds. The van der Waals surface area contributed by atoms with Crippen LogP contribution in [0.15, 0.2) is 29.2 Å². The molecule has 0 aliphatic carbocycles. The molecule has 2 aliphatic heterocycles. The van der Waals surface area contributed by atoms with Crippen LogP contribution in [0.2, 0.25) is 0 Å². The molecule has 2 aliphatic rings. The Morgan fingerprint density at radius 3 is 2.46 bits per heavy atom. The molecule has 17 heteroatoms. The average Bonchev–Trinajstić information content (AvgIpc) is 2.75. The van der Waals surface area contributed by atoms with Gasteiger partial charge < -0.3 is 24.2 Å². The summed E-state index contributed by atoms with van der Waals surface area (Å²) in [5.41, 5.74) is -1.01. The van der Waals surface area contributed by atoms with Gasteiger partial charge in [-0.05, 0) is 31.0 Å². The number of amides is 1. The van der Waals surface area contributed by atoms with E-state index in [0.717, 1.165) is 21.3 Å². The van der Waals surface area contributed by atoms with Crippen molar-refractivity contribution in [2.75, 3.05) is 39.4 Å². The van der Waals surface area contributed by atoms with E-state index in [9.17, 15) is 35.3 Å². The number of likely N-dealkylation sites (tertiary alicyclic amines) is 1. The van der Waals surface area contributed by atoms with Gasteiger partial charge in [0.2, 0.25) is 16.1 Å². The van der Waals surface area contributed by atoms with Crippen LogP contribution in [-0.2, 0) is 28.6 Å². The number of piperidine rings is 1. The summed E-state index contributed by atoms with van der Waals surface area (Å²) in [5, 5.41) is 0. The Morgan fingerprint density at radius 1 is 1.23 bits per heavy atom. The Balaban J connectivity index is 1.62. The van der Waals surface area contributed by atoms with Crippen molar-refractivity contribution in [3.63, 3.8) is 0 Å². The summed E-state index contributed by atoms with van der Waals surface area (Å²) < 4.78 is 105. The number of ether oxygens (including phenoxy) is 2. The van der Waals surface area contributed by atoms with Crippen molar-refractivity contribution >= 4 is 23.9 Å². The highest BCUT2D eigenvalue weighted by Gasteiger charge is 2.47. The van der Waals surface area contributed by atoms with Crippen LogP contribution in [0.4, 0.5) is 22.4 Å². The number of carbonyl (C=O) groups excluding carboxylic acids is 1. The van der Waals surface area contributed by atoms with Gasteiger partial charge in [0.05, 0.1) is 17.1 Å². The minimum Gasteiger partial charge on any atom is -0.434 e. The summed E-state index contributed by atoms with van der Waals surface area (Å²) in [6.07, 6.45) is -9.27. The first kappa shape index (κ1) is 27.8. The second-order valence-corrected chi connectivity index (χ2v) is 11.2. The number of phosphoric ester groups is 1. The predicted molar refractivity (Wildman–Crippen MR) is 109 cm³/mol. The Morgan fingerprint density at radius 2 is 1.89 bits per heavy atom. The Hall–Kier alpha value is -1.81. The van der Waals surface area contributed by atoms with E-state index in [2.05, 4.69) is 9.26 Å². The number of phosphoric acid groups is 1. The van der Waals surface area contributed by atoms with Crippen LogP contribution in [0.5, 0.6) is 0 Å². The van der Waals surface area contributed by atoms with Gasteiger partial charge in [-0.3, -0.25) is 4.52 Å². The molecule has 2 N–H and O–H groups in total. The maximum Gasteiger partial charge on any atom is 0.469 e. The van der Waals surface area contributed by atoms with Gasteiger partial charge in [0.25, 0.3) is 0 Å². The number of hydrogen-bond donors (Lipinski definition) is 2. The van der Waals surface area contributed by atoms with E-state index < -0.39 is 54.2 Å². The van der Waals surface area contributed by atoms with Crippen LogP contribution in [0.25, 0.3) is 0 Å². The summed E-state index contributed by atoms with van der Waals surface area (Å²) in [5.74, 6) is -0.718. The summed E-state index contributed by atoms with van der Waals surface area (Å²) >= 11 is 0. The van der Waals surface area contributed by atoms with Crippen molar-refractivity contribution in [3.05, 3.63) is 30.1 Å². The largest absolute Gasteiger partial charge is 0.469 e. The molecule has 11 nitrogen and oxygen atoms in total. The van der Waals surface area contributed by atoms with Crippen LogP contribution in [0.1, 0.15) is 12.8 Å². The fourth-order valence-electron chi connectivity index (χ4n) is 3.75. The SMILES string of the molecule is O=C(O[C@H](COP(=O)(O)O)C(F)(F)F)N1CCC2(CC1)CN(S(=O)(=O)c1cccc(F)c1)CCO2. The van der Waals surface area contributed by atoms with E-state index in [1.54, 1.807) is 0 Å². The highest BCUT2D eigenvalue weighted by Crippen LogP contribution is 2.38. The van der Waals surface area contributed by atoms with Crippen LogP contribution in [0.3, 0.4) is 0 Å². The minimum atomic E-state index is -5.23. The zero-order valence-corrected chi connectivity index (χ0v) is 19.8. The number of sulfonamides is 1. The van der Waals surface area contributed by atoms with E-state index in [-0.39, 0.29) is 50.5 Å². The maximum absolute atomic E-state index is 13.5. The average molecular weight is 550 g/mol. The number of halogens is 4. The first-order valence-electron chi connectivity index (χ1n) is 10.2. The van der Waals surface area contributed by atoms with Crippen LogP contribution in [0, 0.1) is 5.82 Å². The molecule has 1 atom stereocenters. The van der Waals surface area contributed by atoms with E-state index >= 15 is 0 Å². The molecular weight excluding hydrogens is 527 g/mol. The van der Waals surface area contributed by atoms with Crippen molar-refractivity contribution in [1.82, 2.24) is 9.21 Å². The molecule has 1 aromatic carbocycles. The predicted octanol–water partition coefficient (Wildman–Crippen LogP) is 1.86. The number of carbonyl (C=O) groups is 1. The number of rotatable bonds is 6. The lowest BCUT2D eigenvalue weighted by Crippen LogP contribution is -2.58. The molecule has 198 valence electrons. The summed E-state index contributed by atoms with van der Waals surface area (Å²) in [7, 11) is -9.26. The van der Waals surface area contributed by atoms with Gasteiger partial charge in [-0.2, -0.15) is 17.5 Å². The molecule has 1 spiro atoms. The van der Waals surface area contributed by atoms with Crippen molar-refractivity contribution < 1.29 is 59.1 Å². The van der Waals surface area contributed by atoms with Gasteiger partial charge in [0.15, 0.2) is 0 Å². The fourth-order valence-corrected chi connectivity index (χ4v) is 5.61. The second-order valence-electron chi connectivity index (χ2n) is 8.01. The Kier molecular flexibility index (Phi) is 8.16. The zero-order chi connectivity index (χ0) is 26.1. The van der Waals surface area contributed by atoms with Gasteiger partial charge in [0.1, 0.15) is 12.4 Å². The maximum atomic E-state index is 13.5. The van der Waals surface area contributed by atoms with Crippen molar-refractivity contribution in [2.24, 2.45) is 0 Å². The Bertz CT molecular complexity index is 1070. The highest BCUT2D eigenvalue weighted by atomic mass is 32.2. The van der Waals surface area contributed by atoms with Gasteiger partial charge in [-0.1, -0.05) is 6.07 Å². The molecule has 0 bridgehead atoms. The number of nitrogens with zero attached hydrogens (tertiary/aromatic N) is 2. The van der Waals surface area contributed by atoms with Crippen molar-refractivity contribution in [3.8, 4) is 0 Å². The van der Waals surface area contributed by atoms with Crippen LogP contribution in [-0.4, -0.2) is 90.8 Å². The lowest BCUT2D eigenvalue weighted by molar-refractivity contribution is -0.214. The second kappa shape index (κ2) is 10.3. The highest BCUT2D eigenvalue weighted by molar-refractivity contribution is 7.89. The van der Waals surface area contributed by atoms with E-state index in [1.807, 2.05) is 0 Å². The van der Waals surface area contributed by atoms with E-state index in [4.69, 9.17) is 14.5 Å². The van der Waals surface area contributed by atoms with Crippen LogP contribution < -0.4 is 0 Å². The lowest BCUT2D eigenvalue weighted by Gasteiger charge is -2.46. The van der Waals surface area contributed by atoms with Gasteiger partial charge in [-0.25, -0.2) is 22.2 Å². The molecular formula is C18H23F4N2O9PS. The third kappa shape index (κ3) is 7.12. The fraction of sp³-hybridized carbons (Fsp3) is 0.611. The first-order chi connectivity index (χ1) is 16.1. The molecule has 0 unspecified atom stereocenters. The molecule has 2 saturated heterocycles. The molecule has 2 heterocycles. The molecule has 2 fully saturated rings. The van der Waals surface area contributed by atoms with Gasteiger partial charge >= 0.3 is 20.1 Å². The third-order valence-corrected chi connectivity index (χ3v) is 7.91. The smallest absolute Gasteiger partial charge is 0.434 e. The normalized spacial score (nSPS) is 20.6. The summed E-state index contributed by atoms with van der Waals surface area (Å²) in [4.78, 5) is 30.2. The number of alkyl halides is 3. The molecule has 0 saturated carbocycles. The molecule has 1 aromatic rings. The first-order valence-corrected chi connectivity index (χ1v) is 13.2. The number of hydrogen-bond acceptors (Lipinski definition) is 7. The molecule has 35 heavy (non-hydrogen) atoms. The quantitative estimate of drug-likeness (QED) is 0.401. The summed E-state index contributed by atoms with van der Waals surface area (Å²) in [6.45, 7) is -1.91. The van der Waals surface area contributed by atoms with Crippen LogP contribution >= 0.6 is 7.82 Å². The standard InChI is InChI=1S/C18H23F4N2O9PS/c19-13-2-1-3-14(10-13)35(29,30)24-8-9-31-17(12-24)4-6-23(7-5-17)16(25)33-15(18(20,21)22)11-32-34(26,27)28/h1-3,10,15H,4-9,11-12H2,(H2,26,27,28)/t15-/m1/s1.